The molecule has 0 aromatic carbocycles. The molecule has 0 atom stereocenters. The van der Waals surface area contributed by atoms with Crippen molar-refractivity contribution in [1.29, 1.82) is 0 Å². The largest absolute Gasteiger partial charge is 0.375 e. The summed E-state index contributed by atoms with van der Waals surface area (Å²) in [7, 11) is -3.12. The van der Waals surface area contributed by atoms with Crippen molar-refractivity contribution < 1.29 is 9.79 Å². The third-order valence-electron chi connectivity index (χ3n) is 0.350. The maximum atomic E-state index is 8.59. The molecule has 0 heterocycles. The van der Waals surface area contributed by atoms with E-state index >= 15 is 0 Å². The van der Waals surface area contributed by atoms with E-state index in [0.717, 1.165) is 0 Å². The first-order valence-corrected chi connectivity index (χ1v) is 4.52. The van der Waals surface area contributed by atoms with Gasteiger partial charge in [0.25, 0.3) is 0 Å². The fraction of sp³-hybridized carbons (Fsp3) is 0.500. The quantitative estimate of drug-likeness (QED) is 0.238. The average molecular weight is 169 g/mol. The van der Waals surface area contributed by atoms with Crippen LogP contribution in [0.5, 0.6) is 0 Å². The van der Waals surface area contributed by atoms with Gasteiger partial charge in [-0.1, -0.05) is 0 Å². The number of thiocarbonyl (C=S) groups is 1. The van der Waals surface area contributed by atoms with Crippen LogP contribution in [0.3, 0.4) is 0 Å². The Hall–Kier alpha value is -0.160. The van der Waals surface area contributed by atoms with Gasteiger partial charge in [0, 0.05) is 6.66 Å². The van der Waals surface area contributed by atoms with Crippen molar-refractivity contribution >= 4 is 24.8 Å². The van der Waals surface area contributed by atoms with Gasteiger partial charge in [0.15, 0.2) is 5.11 Å². The number of rotatable bonds is 1. The summed E-state index contributed by atoms with van der Waals surface area (Å²) >= 11 is 4.33. The number of hydrogen-bond donors (Lipinski definition) is 4. The molecule has 9 heavy (non-hydrogen) atoms. The minimum absolute atomic E-state index is 0.0793. The third kappa shape index (κ3) is 7.84. The highest BCUT2D eigenvalue weighted by molar-refractivity contribution is 7.80. The lowest BCUT2D eigenvalue weighted by atomic mass is 11.2. The van der Waals surface area contributed by atoms with Crippen LogP contribution in [-0.4, -0.2) is 21.6 Å². The fourth-order valence-corrected chi connectivity index (χ4v) is 0.554. The van der Waals surface area contributed by atoms with Gasteiger partial charge < -0.3 is 15.5 Å². The monoisotopic (exact) mass is 169 g/mol. The summed E-state index contributed by atoms with van der Waals surface area (Å²) < 4.78 is 0. The maximum absolute atomic E-state index is 8.59. The highest BCUT2D eigenvalue weighted by Gasteiger charge is 1.98. The molecule has 5 nitrogen and oxygen atoms in total. The van der Waals surface area contributed by atoms with E-state index in [1.54, 1.807) is 0 Å². The minimum atomic E-state index is -3.12. The van der Waals surface area contributed by atoms with Gasteiger partial charge in [-0.2, -0.15) is 0 Å². The molecule has 0 fully saturated rings. The van der Waals surface area contributed by atoms with Crippen LogP contribution in [0.1, 0.15) is 0 Å². The molecule has 0 aliphatic carbocycles. The molecule has 0 aliphatic rings. The lowest BCUT2D eigenvalue weighted by Gasteiger charge is -2.01. The summed E-state index contributed by atoms with van der Waals surface area (Å²) in [6, 6.07) is 0. The summed E-state index contributed by atoms with van der Waals surface area (Å²) in [6.45, 7) is 1.18. The lowest BCUT2D eigenvalue weighted by molar-refractivity contribution is 0.469. The van der Waals surface area contributed by atoms with E-state index in [-0.39, 0.29) is 5.11 Å². The van der Waals surface area contributed by atoms with E-state index in [0.29, 0.717) is 0 Å². The van der Waals surface area contributed by atoms with E-state index in [4.69, 9.17) is 15.5 Å². The predicted octanol–water partition coefficient (Wildman–Crippen LogP) is -0.620. The molecule has 0 unspecified atom stereocenters. The van der Waals surface area contributed by atoms with Crippen LogP contribution in [0.2, 0.25) is 0 Å². The first kappa shape index (κ1) is 8.84. The van der Waals surface area contributed by atoms with Crippen LogP contribution in [0.25, 0.3) is 0 Å². The Morgan fingerprint density at radius 2 is 2.22 bits per heavy atom. The molecule has 7 heteroatoms. The molecule has 0 bridgehead atoms. The fourth-order valence-electron chi connectivity index (χ4n) is 0.144. The molecule has 0 amide bonds. The topological polar surface area (TPSA) is 90.9 Å². The SMILES string of the molecule is CP(O)(O)=NNC(N)=S. The number of nitrogens with one attached hydrogen (secondary N) is 1. The molecule has 0 aromatic rings. The van der Waals surface area contributed by atoms with Crippen molar-refractivity contribution in [3.8, 4) is 0 Å². The zero-order valence-electron chi connectivity index (χ0n) is 4.77. The molecule has 0 spiro atoms. The Kier molecular flexibility index (Phi) is 3.07. The Morgan fingerprint density at radius 1 is 1.78 bits per heavy atom. The van der Waals surface area contributed by atoms with Crippen LogP contribution < -0.4 is 11.2 Å². The molecule has 54 valence electrons. The van der Waals surface area contributed by atoms with Gasteiger partial charge in [0.1, 0.15) is 0 Å². The Balaban J connectivity index is 3.86. The van der Waals surface area contributed by atoms with Gasteiger partial charge >= 0.3 is 0 Å². The maximum Gasteiger partial charge on any atom is 0.226 e. The second-order valence-electron chi connectivity index (χ2n) is 1.44. The second-order valence-corrected chi connectivity index (χ2v) is 3.82. The van der Waals surface area contributed by atoms with Crippen LogP contribution in [0.15, 0.2) is 4.85 Å². The minimum Gasteiger partial charge on any atom is -0.375 e. The summed E-state index contributed by atoms with van der Waals surface area (Å²) in [5.74, 6) is 0. The molecular weight excluding hydrogens is 161 g/mol. The summed E-state index contributed by atoms with van der Waals surface area (Å²) in [6.07, 6.45) is 0. The van der Waals surface area contributed by atoms with Crippen LogP contribution in [0, 0.1) is 0 Å². The number of hydrogen-bond acceptors (Lipinski definition) is 2. The van der Waals surface area contributed by atoms with Gasteiger partial charge in [0.2, 0.25) is 7.51 Å². The lowest BCUT2D eigenvalue weighted by Crippen LogP contribution is -2.23. The van der Waals surface area contributed by atoms with Gasteiger partial charge in [0.05, 0.1) is 0 Å². The molecule has 0 radical (unpaired) electrons. The van der Waals surface area contributed by atoms with Crippen LogP contribution in [0.4, 0.5) is 0 Å². The zero-order chi connectivity index (χ0) is 7.49. The normalized spacial score (nSPS) is 10.6. The van der Waals surface area contributed by atoms with Crippen molar-refractivity contribution in [2.45, 2.75) is 0 Å². The van der Waals surface area contributed by atoms with Crippen molar-refractivity contribution in [1.82, 2.24) is 5.43 Å². The Bertz CT molecular complexity index is 155. The summed E-state index contributed by atoms with van der Waals surface area (Å²) in [5.41, 5.74) is 6.99. The smallest absolute Gasteiger partial charge is 0.226 e. The Labute approximate surface area is 58.1 Å². The molecule has 0 aromatic heterocycles. The van der Waals surface area contributed by atoms with Crippen LogP contribution in [-0.2, 0) is 0 Å². The summed E-state index contributed by atoms with van der Waals surface area (Å²) in [5, 5.41) is -0.0793. The van der Waals surface area contributed by atoms with Gasteiger partial charge in [-0.05, 0) is 12.2 Å². The van der Waals surface area contributed by atoms with E-state index < -0.39 is 7.51 Å². The average Bonchev–Trinajstić information content (AvgIpc) is 1.59. The molecule has 0 aliphatic heterocycles. The van der Waals surface area contributed by atoms with Gasteiger partial charge in [-0.15, -0.1) is 4.85 Å². The highest BCUT2D eigenvalue weighted by atomic mass is 32.1. The molecule has 0 saturated carbocycles. The molecule has 0 saturated heterocycles. The second kappa shape index (κ2) is 3.12. The number of nitrogens with zero attached hydrogens (tertiary/aromatic N) is 1. The molecule has 0 rings (SSSR count). The van der Waals surface area contributed by atoms with Crippen molar-refractivity contribution in [3.63, 3.8) is 0 Å². The van der Waals surface area contributed by atoms with Crippen molar-refractivity contribution in [3.05, 3.63) is 0 Å². The van der Waals surface area contributed by atoms with Gasteiger partial charge in [-0.3, -0.25) is 5.43 Å². The standard InChI is InChI=1S/C2H8N3O2PS/c1-8(6,7)5-4-2(3)9/h6-7H,1H3,(H3,3,4,9). The van der Waals surface area contributed by atoms with Crippen molar-refractivity contribution in [2.75, 3.05) is 6.66 Å². The summed E-state index contributed by atoms with van der Waals surface area (Å²) in [4.78, 5) is 20.3. The number of nitrogens with two attached hydrogens (primary N) is 1. The van der Waals surface area contributed by atoms with Crippen LogP contribution >= 0.6 is 19.7 Å². The van der Waals surface area contributed by atoms with E-state index in [2.05, 4.69) is 22.5 Å². The zero-order valence-corrected chi connectivity index (χ0v) is 6.49. The van der Waals surface area contributed by atoms with E-state index in [1.165, 1.54) is 6.66 Å². The molecule has 5 N–H and O–H groups in total. The third-order valence-corrected chi connectivity index (χ3v) is 0.920. The van der Waals surface area contributed by atoms with E-state index in [9.17, 15) is 0 Å². The first-order valence-electron chi connectivity index (χ1n) is 2.01. The molecular formula is C2H8N3O2PS. The van der Waals surface area contributed by atoms with E-state index in [1.807, 2.05) is 0 Å². The predicted molar refractivity (Wildman–Crippen MR) is 39.6 cm³/mol. The highest BCUT2D eigenvalue weighted by Crippen LogP contribution is 2.32. The van der Waals surface area contributed by atoms with Gasteiger partial charge in [-0.25, -0.2) is 0 Å². The van der Waals surface area contributed by atoms with Crippen molar-refractivity contribution in [2.24, 2.45) is 10.6 Å². The first-order chi connectivity index (χ1) is 3.92. The Morgan fingerprint density at radius 3 is 2.33 bits per heavy atom.